The van der Waals surface area contributed by atoms with Crippen molar-refractivity contribution in [2.75, 3.05) is 20.3 Å². The third-order valence-corrected chi connectivity index (χ3v) is 3.56. The lowest BCUT2D eigenvalue weighted by Gasteiger charge is -2.13. The normalized spacial score (nSPS) is 20.3. The fourth-order valence-corrected chi connectivity index (χ4v) is 2.38. The van der Waals surface area contributed by atoms with Gasteiger partial charge in [0.2, 0.25) is 0 Å². The number of rotatable bonds is 6. The molecule has 3 N–H and O–H groups in total. The lowest BCUT2D eigenvalue weighted by molar-refractivity contribution is 0.231. The molecular weight excluding hydrogens is 268 g/mol. The van der Waals surface area contributed by atoms with Crippen LogP contribution in [0.1, 0.15) is 12.0 Å². The summed E-state index contributed by atoms with van der Waals surface area (Å²) in [5.74, 6) is 0.982. The summed E-state index contributed by atoms with van der Waals surface area (Å²) in [6.45, 7) is 0.699. The molecule has 0 aromatic heterocycles. The van der Waals surface area contributed by atoms with E-state index in [1.165, 1.54) is 0 Å². The topological polar surface area (TPSA) is 70.6 Å². The van der Waals surface area contributed by atoms with Crippen LogP contribution in [-0.4, -0.2) is 37.4 Å². The lowest BCUT2D eigenvalue weighted by atomic mass is 10.1. The van der Waals surface area contributed by atoms with Gasteiger partial charge in [0, 0.05) is 25.1 Å². The molecule has 0 saturated carbocycles. The highest BCUT2D eigenvalue weighted by Crippen LogP contribution is 2.16. The van der Waals surface area contributed by atoms with Crippen molar-refractivity contribution in [2.24, 2.45) is 5.92 Å². The highest BCUT2D eigenvalue weighted by atomic mass is 16.5. The first-order valence-corrected chi connectivity index (χ1v) is 7.17. The van der Waals surface area contributed by atoms with E-state index in [1.54, 1.807) is 7.11 Å². The van der Waals surface area contributed by atoms with E-state index in [9.17, 15) is 4.79 Å². The Morgan fingerprint density at radius 2 is 2.29 bits per heavy atom. The second kappa shape index (κ2) is 7.69. The predicted molar refractivity (Wildman–Crippen MR) is 81.4 cm³/mol. The molecule has 0 unspecified atom stereocenters. The molecule has 0 heterocycles. The van der Waals surface area contributed by atoms with Gasteiger partial charge in [0.05, 0.1) is 7.11 Å². The summed E-state index contributed by atoms with van der Waals surface area (Å²) in [5.41, 5.74) is 1.12. The van der Waals surface area contributed by atoms with E-state index in [2.05, 4.69) is 10.6 Å². The summed E-state index contributed by atoms with van der Waals surface area (Å²) in [7, 11) is 1.64. The molecule has 5 nitrogen and oxygen atoms in total. The number of benzene rings is 1. The van der Waals surface area contributed by atoms with E-state index in [-0.39, 0.29) is 24.6 Å². The number of aliphatic hydroxyl groups excluding tert-OH is 1. The third-order valence-electron chi connectivity index (χ3n) is 3.56. The lowest BCUT2D eigenvalue weighted by Crippen LogP contribution is -2.41. The molecule has 0 aliphatic heterocycles. The summed E-state index contributed by atoms with van der Waals surface area (Å²) in [6, 6.07) is 7.64. The average molecular weight is 290 g/mol. The van der Waals surface area contributed by atoms with Crippen molar-refractivity contribution in [2.45, 2.75) is 18.9 Å². The monoisotopic (exact) mass is 290 g/mol. The Balaban J connectivity index is 1.68. The van der Waals surface area contributed by atoms with Crippen molar-refractivity contribution in [3.05, 3.63) is 42.0 Å². The van der Waals surface area contributed by atoms with E-state index in [0.29, 0.717) is 6.54 Å². The maximum atomic E-state index is 11.8. The Kier molecular flexibility index (Phi) is 5.63. The van der Waals surface area contributed by atoms with Gasteiger partial charge in [-0.1, -0.05) is 24.3 Å². The van der Waals surface area contributed by atoms with Crippen LogP contribution >= 0.6 is 0 Å². The molecule has 1 aliphatic carbocycles. The Bertz CT molecular complexity index is 502. The third kappa shape index (κ3) is 4.79. The zero-order valence-electron chi connectivity index (χ0n) is 12.2. The Morgan fingerprint density at radius 3 is 3.00 bits per heavy atom. The number of aliphatic hydroxyl groups is 1. The second-order valence-corrected chi connectivity index (χ2v) is 5.17. The van der Waals surface area contributed by atoms with Gasteiger partial charge in [-0.2, -0.15) is 0 Å². The van der Waals surface area contributed by atoms with Crippen LogP contribution in [0.5, 0.6) is 5.75 Å². The predicted octanol–water partition coefficient (Wildman–Crippen LogP) is 1.47. The molecule has 0 saturated heterocycles. The van der Waals surface area contributed by atoms with Crippen LogP contribution in [0.25, 0.3) is 0 Å². The molecule has 114 valence electrons. The van der Waals surface area contributed by atoms with Gasteiger partial charge in [0.15, 0.2) is 0 Å². The molecule has 2 rings (SSSR count). The maximum Gasteiger partial charge on any atom is 0.315 e. The average Bonchev–Trinajstić information content (AvgIpc) is 2.95. The summed E-state index contributed by atoms with van der Waals surface area (Å²) >= 11 is 0. The van der Waals surface area contributed by atoms with Gasteiger partial charge in [-0.25, -0.2) is 4.79 Å². The minimum atomic E-state index is -0.175. The van der Waals surface area contributed by atoms with Gasteiger partial charge in [0.1, 0.15) is 5.75 Å². The number of ether oxygens (including phenoxy) is 1. The van der Waals surface area contributed by atoms with E-state index in [4.69, 9.17) is 9.84 Å². The van der Waals surface area contributed by atoms with Crippen LogP contribution in [0.4, 0.5) is 4.79 Å². The molecule has 0 spiro atoms. The molecular formula is C16H22N2O3. The molecule has 0 fully saturated rings. The summed E-state index contributed by atoms with van der Waals surface area (Å²) in [4.78, 5) is 11.8. The zero-order chi connectivity index (χ0) is 15.1. The van der Waals surface area contributed by atoms with Gasteiger partial charge in [-0.05, 0) is 30.5 Å². The Hall–Kier alpha value is -2.01. The van der Waals surface area contributed by atoms with Gasteiger partial charge in [0.25, 0.3) is 0 Å². The van der Waals surface area contributed by atoms with Crippen LogP contribution in [0, 0.1) is 5.92 Å². The van der Waals surface area contributed by atoms with Gasteiger partial charge >= 0.3 is 6.03 Å². The van der Waals surface area contributed by atoms with Crippen molar-refractivity contribution in [3.63, 3.8) is 0 Å². The number of carbonyl (C=O) groups excluding carboxylic acids is 1. The standard InChI is InChI=1S/C16H22N2O3/c1-21-15-4-2-3-12(10-15)7-8-17-16(20)18-14-6-5-13(9-14)11-19/h2-6,10,13-14,19H,7-9,11H2,1H3,(H2,17,18,20)/t13-,14+/m0/s1. The summed E-state index contributed by atoms with van der Waals surface area (Å²) < 4.78 is 5.16. The van der Waals surface area contributed by atoms with Crippen molar-refractivity contribution in [1.82, 2.24) is 10.6 Å². The minimum Gasteiger partial charge on any atom is -0.497 e. The molecule has 2 atom stereocenters. The fraction of sp³-hybridized carbons (Fsp3) is 0.438. The number of amides is 2. The van der Waals surface area contributed by atoms with E-state index < -0.39 is 0 Å². The molecule has 21 heavy (non-hydrogen) atoms. The fourth-order valence-electron chi connectivity index (χ4n) is 2.38. The molecule has 0 bridgehead atoms. The number of hydrogen-bond acceptors (Lipinski definition) is 3. The first-order chi connectivity index (χ1) is 10.2. The molecule has 1 aromatic carbocycles. The second-order valence-electron chi connectivity index (χ2n) is 5.17. The van der Waals surface area contributed by atoms with E-state index >= 15 is 0 Å². The molecule has 2 amide bonds. The number of methoxy groups -OCH3 is 1. The Morgan fingerprint density at radius 1 is 1.43 bits per heavy atom. The maximum absolute atomic E-state index is 11.8. The zero-order valence-corrected chi connectivity index (χ0v) is 12.2. The number of hydrogen-bond donors (Lipinski definition) is 3. The Labute approximate surface area is 125 Å². The SMILES string of the molecule is COc1cccc(CCNC(=O)N[C@@H]2C=C[C@H](CO)C2)c1. The quantitative estimate of drug-likeness (QED) is 0.695. The first kappa shape index (κ1) is 15.4. The van der Waals surface area contributed by atoms with Crippen LogP contribution in [0.3, 0.4) is 0 Å². The van der Waals surface area contributed by atoms with Crippen molar-refractivity contribution in [1.29, 1.82) is 0 Å². The van der Waals surface area contributed by atoms with Crippen molar-refractivity contribution >= 4 is 6.03 Å². The van der Waals surface area contributed by atoms with E-state index in [1.807, 2.05) is 36.4 Å². The summed E-state index contributed by atoms with van der Waals surface area (Å²) in [5, 5.41) is 14.8. The number of urea groups is 1. The molecule has 5 heteroatoms. The van der Waals surface area contributed by atoms with Crippen LogP contribution in [0.2, 0.25) is 0 Å². The van der Waals surface area contributed by atoms with Gasteiger partial charge < -0.3 is 20.5 Å². The van der Waals surface area contributed by atoms with E-state index in [0.717, 1.165) is 24.2 Å². The largest absolute Gasteiger partial charge is 0.497 e. The van der Waals surface area contributed by atoms with Crippen LogP contribution in [0.15, 0.2) is 36.4 Å². The highest BCUT2D eigenvalue weighted by Gasteiger charge is 2.19. The molecule has 1 aliphatic rings. The van der Waals surface area contributed by atoms with Crippen LogP contribution in [-0.2, 0) is 6.42 Å². The van der Waals surface area contributed by atoms with Gasteiger partial charge in [-0.3, -0.25) is 0 Å². The van der Waals surface area contributed by atoms with Gasteiger partial charge in [-0.15, -0.1) is 0 Å². The summed E-state index contributed by atoms with van der Waals surface area (Å²) in [6.07, 6.45) is 5.40. The highest BCUT2D eigenvalue weighted by molar-refractivity contribution is 5.74. The number of nitrogens with one attached hydrogen (secondary N) is 2. The van der Waals surface area contributed by atoms with Crippen molar-refractivity contribution in [3.8, 4) is 5.75 Å². The van der Waals surface area contributed by atoms with Crippen LogP contribution < -0.4 is 15.4 Å². The number of carbonyl (C=O) groups is 1. The molecule has 0 radical (unpaired) electrons. The smallest absolute Gasteiger partial charge is 0.315 e. The first-order valence-electron chi connectivity index (χ1n) is 7.17. The minimum absolute atomic E-state index is 0.0129. The molecule has 1 aromatic rings. The van der Waals surface area contributed by atoms with Crippen molar-refractivity contribution < 1.29 is 14.6 Å².